The van der Waals surface area contributed by atoms with Crippen molar-refractivity contribution in [3.05, 3.63) is 54.7 Å². The fourth-order valence-corrected chi connectivity index (χ4v) is 5.12. The van der Waals surface area contributed by atoms with Crippen molar-refractivity contribution in [1.29, 1.82) is 5.26 Å². The van der Waals surface area contributed by atoms with Crippen molar-refractivity contribution in [1.82, 2.24) is 28.7 Å². The average Bonchev–Trinajstić information content (AvgIpc) is 3.48. The molecule has 4 aromatic rings. The van der Waals surface area contributed by atoms with Crippen LogP contribution in [0.1, 0.15) is 19.4 Å². The molecule has 8 nitrogen and oxygen atoms in total. The van der Waals surface area contributed by atoms with Crippen molar-refractivity contribution in [3.8, 4) is 28.3 Å². The number of fused-ring (bicyclic) bond motifs is 1. The minimum atomic E-state index is 0.548. The number of aromatic nitrogens is 5. The molecule has 0 N–H and O–H groups in total. The molecule has 0 aromatic carbocycles. The summed E-state index contributed by atoms with van der Waals surface area (Å²) in [6, 6.07) is 8.55. The van der Waals surface area contributed by atoms with Crippen molar-refractivity contribution in [2.24, 2.45) is 13.0 Å². The Morgan fingerprint density at radius 1 is 1.00 bits per heavy atom. The van der Waals surface area contributed by atoms with Crippen LogP contribution in [0.2, 0.25) is 0 Å². The van der Waals surface area contributed by atoms with Gasteiger partial charge in [-0.05, 0) is 24.1 Å². The summed E-state index contributed by atoms with van der Waals surface area (Å²) in [6.45, 7) is 8.54. The van der Waals surface area contributed by atoms with E-state index in [0.717, 1.165) is 59.8 Å². The van der Waals surface area contributed by atoms with E-state index in [-0.39, 0.29) is 0 Å². The average molecular weight is 473 g/mol. The zero-order valence-electron chi connectivity index (χ0n) is 19.7. The Morgan fingerprint density at radius 2 is 1.82 bits per heavy atom. The van der Waals surface area contributed by atoms with E-state index in [1.165, 1.54) is 5.75 Å². The summed E-state index contributed by atoms with van der Waals surface area (Å²) in [4.78, 5) is 7.15. The fraction of sp³-hybridized carbons (Fsp3) is 0.360. The van der Waals surface area contributed by atoms with Crippen LogP contribution in [-0.4, -0.2) is 60.6 Å². The molecule has 1 aliphatic rings. The van der Waals surface area contributed by atoms with Gasteiger partial charge in [0.1, 0.15) is 11.9 Å². The molecule has 0 atom stereocenters. The molecular formula is C25H28N8S. The molecule has 5 heterocycles. The van der Waals surface area contributed by atoms with Gasteiger partial charge < -0.3 is 4.90 Å². The standard InChI is InChI=1S/C25H28N8S/c1-18(2)17-34-32-8-6-31(7-9-32)24-5-4-19(12-27-24)23-10-20(22-14-28-30(3)15-22)16-33-25(23)21(11-26)13-29-33/h4-5,10,12-16,18H,6-9,17H2,1-3H3. The van der Waals surface area contributed by atoms with Gasteiger partial charge in [-0.3, -0.25) is 4.68 Å². The van der Waals surface area contributed by atoms with Gasteiger partial charge in [-0.1, -0.05) is 25.8 Å². The van der Waals surface area contributed by atoms with Crippen LogP contribution in [0.4, 0.5) is 5.82 Å². The Labute approximate surface area is 203 Å². The van der Waals surface area contributed by atoms with Gasteiger partial charge in [0.25, 0.3) is 0 Å². The predicted molar refractivity (Wildman–Crippen MR) is 136 cm³/mol. The highest BCUT2D eigenvalue weighted by Crippen LogP contribution is 2.32. The highest BCUT2D eigenvalue weighted by Gasteiger charge is 2.19. The Balaban J connectivity index is 1.42. The highest BCUT2D eigenvalue weighted by molar-refractivity contribution is 7.97. The van der Waals surface area contributed by atoms with Gasteiger partial charge in [0.05, 0.1) is 23.5 Å². The topological polar surface area (TPSA) is 78.3 Å². The summed E-state index contributed by atoms with van der Waals surface area (Å²) in [5.41, 5.74) is 5.22. The third-order valence-corrected chi connectivity index (χ3v) is 7.53. The minimum absolute atomic E-state index is 0.548. The summed E-state index contributed by atoms with van der Waals surface area (Å²) in [5, 5.41) is 18.4. The summed E-state index contributed by atoms with van der Waals surface area (Å²) in [7, 11) is 1.90. The maximum Gasteiger partial charge on any atom is 0.128 e. The molecule has 5 rings (SSSR count). The van der Waals surface area contributed by atoms with Crippen LogP contribution < -0.4 is 4.90 Å². The molecule has 0 bridgehead atoms. The number of hydrogen-bond donors (Lipinski definition) is 0. The second-order valence-electron chi connectivity index (χ2n) is 9.02. The third kappa shape index (κ3) is 4.52. The van der Waals surface area contributed by atoms with E-state index in [4.69, 9.17) is 4.98 Å². The lowest BCUT2D eigenvalue weighted by molar-refractivity contribution is 0.426. The molecule has 1 fully saturated rings. The number of aryl methyl sites for hydroxylation is 1. The maximum atomic E-state index is 9.65. The Kier molecular flexibility index (Phi) is 6.26. The second-order valence-corrected chi connectivity index (χ2v) is 10.1. The fourth-order valence-electron chi connectivity index (χ4n) is 4.18. The number of nitriles is 1. The first-order chi connectivity index (χ1) is 16.5. The molecular weight excluding hydrogens is 444 g/mol. The molecule has 34 heavy (non-hydrogen) atoms. The summed E-state index contributed by atoms with van der Waals surface area (Å²) < 4.78 is 6.02. The van der Waals surface area contributed by atoms with Crippen molar-refractivity contribution in [3.63, 3.8) is 0 Å². The van der Waals surface area contributed by atoms with Gasteiger partial charge in [0, 0.05) is 79.8 Å². The lowest BCUT2D eigenvalue weighted by atomic mass is 10.0. The van der Waals surface area contributed by atoms with Crippen molar-refractivity contribution in [2.75, 3.05) is 36.8 Å². The number of piperazine rings is 1. The predicted octanol–water partition coefficient (Wildman–Crippen LogP) is 4.09. The first-order valence-electron chi connectivity index (χ1n) is 11.5. The first-order valence-corrected chi connectivity index (χ1v) is 12.5. The lowest BCUT2D eigenvalue weighted by Crippen LogP contribution is -2.44. The lowest BCUT2D eigenvalue weighted by Gasteiger charge is -2.34. The molecule has 174 valence electrons. The van der Waals surface area contributed by atoms with E-state index in [1.807, 2.05) is 43.8 Å². The molecule has 0 radical (unpaired) electrons. The number of pyridine rings is 2. The normalized spacial score (nSPS) is 14.7. The second kappa shape index (κ2) is 9.49. The van der Waals surface area contributed by atoms with Crippen LogP contribution in [0.15, 0.2) is 49.2 Å². The third-order valence-electron chi connectivity index (χ3n) is 5.98. The van der Waals surface area contributed by atoms with Crippen LogP contribution >= 0.6 is 11.9 Å². The first kappa shape index (κ1) is 22.4. The molecule has 0 saturated carbocycles. The van der Waals surface area contributed by atoms with Crippen LogP contribution in [-0.2, 0) is 7.05 Å². The van der Waals surface area contributed by atoms with E-state index >= 15 is 0 Å². The molecule has 0 unspecified atom stereocenters. The van der Waals surface area contributed by atoms with E-state index < -0.39 is 0 Å². The molecule has 0 aliphatic carbocycles. The van der Waals surface area contributed by atoms with Crippen LogP contribution in [0, 0.1) is 17.2 Å². The van der Waals surface area contributed by atoms with Crippen LogP contribution in [0.3, 0.4) is 0 Å². The van der Waals surface area contributed by atoms with Gasteiger partial charge in [-0.2, -0.15) is 15.5 Å². The smallest absolute Gasteiger partial charge is 0.128 e. The molecule has 0 amide bonds. The summed E-state index contributed by atoms with van der Waals surface area (Å²) >= 11 is 1.95. The monoisotopic (exact) mass is 472 g/mol. The van der Waals surface area contributed by atoms with E-state index in [1.54, 1.807) is 15.4 Å². The van der Waals surface area contributed by atoms with Crippen molar-refractivity contribution >= 4 is 23.3 Å². The Morgan fingerprint density at radius 3 is 2.47 bits per heavy atom. The van der Waals surface area contributed by atoms with Gasteiger partial charge in [-0.25, -0.2) is 13.8 Å². The highest BCUT2D eigenvalue weighted by atomic mass is 32.2. The zero-order valence-corrected chi connectivity index (χ0v) is 20.5. The summed E-state index contributed by atoms with van der Waals surface area (Å²) in [5.74, 6) is 2.86. The number of rotatable bonds is 6. The van der Waals surface area contributed by atoms with Gasteiger partial charge in [-0.15, -0.1) is 0 Å². The number of hydrogen-bond acceptors (Lipinski definition) is 7. The molecule has 0 spiro atoms. The Bertz CT molecular complexity index is 1320. The van der Waals surface area contributed by atoms with Gasteiger partial charge >= 0.3 is 0 Å². The zero-order chi connectivity index (χ0) is 23.7. The minimum Gasteiger partial charge on any atom is -0.354 e. The Hall–Kier alpha value is -3.35. The number of anilines is 1. The van der Waals surface area contributed by atoms with E-state index in [2.05, 4.69) is 57.5 Å². The molecule has 4 aromatic heterocycles. The van der Waals surface area contributed by atoms with E-state index in [9.17, 15) is 5.26 Å². The van der Waals surface area contributed by atoms with Crippen LogP contribution in [0.25, 0.3) is 27.8 Å². The quantitative estimate of drug-likeness (QED) is 0.391. The number of nitrogens with zero attached hydrogens (tertiary/aromatic N) is 8. The molecule has 1 aliphatic heterocycles. The van der Waals surface area contributed by atoms with Crippen molar-refractivity contribution < 1.29 is 0 Å². The SMILES string of the molecule is CC(C)CSN1CCN(c2ccc(-c3cc(-c4cnn(C)c4)cn4ncc(C#N)c34)cn2)CC1. The largest absolute Gasteiger partial charge is 0.354 e. The van der Waals surface area contributed by atoms with Crippen molar-refractivity contribution in [2.45, 2.75) is 13.8 Å². The molecule has 1 saturated heterocycles. The van der Waals surface area contributed by atoms with Gasteiger partial charge in [0.15, 0.2) is 0 Å². The summed E-state index contributed by atoms with van der Waals surface area (Å²) in [6.07, 6.45) is 9.27. The van der Waals surface area contributed by atoms with Gasteiger partial charge in [0.2, 0.25) is 0 Å². The maximum absolute atomic E-state index is 9.65. The van der Waals surface area contributed by atoms with Crippen LogP contribution in [0.5, 0.6) is 0 Å². The van der Waals surface area contributed by atoms with E-state index in [0.29, 0.717) is 11.5 Å². The molecule has 9 heteroatoms.